The molecule has 9 nitrogen and oxygen atoms in total. The molecule has 2 aromatic rings. The molecule has 1 aliphatic rings. The lowest BCUT2D eigenvalue weighted by molar-refractivity contribution is -0.384. The molecular weight excluding hydrogens is 371 g/mol. The Morgan fingerprint density at radius 2 is 1.75 bits per heavy atom. The van der Waals surface area contributed by atoms with E-state index >= 15 is 0 Å². The summed E-state index contributed by atoms with van der Waals surface area (Å²) in [5.74, 6) is -1.54. The van der Waals surface area contributed by atoms with Gasteiger partial charge in [-0.1, -0.05) is 0 Å². The van der Waals surface area contributed by atoms with Crippen LogP contribution in [0.5, 0.6) is 0 Å². The third-order valence-electron chi connectivity index (χ3n) is 4.11. The molecule has 0 spiro atoms. The molecule has 0 bridgehead atoms. The highest BCUT2D eigenvalue weighted by Crippen LogP contribution is 2.26. The highest BCUT2D eigenvalue weighted by atomic mass is 19.1. The highest BCUT2D eigenvalue weighted by molar-refractivity contribution is 6.21. The third kappa shape index (κ3) is 3.95. The van der Waals surface area contributed by atoms with Crippen molar-refractivity contribution in [3.05, 3.63) is 69.5 Å². The van der Waals surface area contributed by atoms with Gasteiger partial charge in [0.2, 0.25) is 0 Å². The number of imide groups is 1. The SMILES string of the molecule is O=C(NCCCN1C(=O)c2ccc([N+](=O)[O-])cc2C1=O)Nc1ccc(F)cc1. The van der Waals surface area contributed by atoms with E-state index in [-0.39, 0.29) is 29.9 Å². The van der Waals surface area contributed by atoms with Gasteiger partial charge < -0.3 is 10.6 Å². The van der Waals surface area contributed by atoms with Crippen LogP contribution >= 0.6 is 0 Å². The van der Waals surface area contributed by atoms with Gasteiger partial charge in [-0.05, 0) is 36.8 Å². The van der Waals surface area contributed by atoms with E-state index in [1.165, 1.54) is 36.4 Å². The Kier molecular flexibility index (Phi) is 5.30. The van der Waals surface area contributed by atoms with Gasteiger partial charge in [0, 0.05) is 30.9 Å². The molecule has 2 N–H and O–H groups in total. The number of rotatable bonds is 6. The summed E-state index contributed by atoms with van der Waals surface area (Å²) >= 11 is 0. The Balaban J connectivity index is 1.50. The van der Waals surface area contributed by atoms with Crippen molar-refractivity contribution in [2.75, 3.05) is 18.4 Å². The largest absolute Gasteiger partial charge is 0.338 e. The molecule has 0 aromatic heterocycles. The third-order valence-corrected chi connectivity index (χ3v) is 4.11. The smallest absolute Gasteiger partial charge is 0.319 e. The summed E-state index contributed by atoms with van der Waals surface area (Å²) < 4.78 is 12.8. The lowest BCUT2D eigenvalue weighted by Crippen LogP contribution is -2.35. The maximum atomic E-state index is 12.8. The summed E-state index contributed by atoms with van der Waals surface area (Å²) in [5, 5.41) is 15.9. The standard InChI is InChI=1S/C18H15FN4O5/c19-11-2-4-12(5-3-11)21-18(26)20-8-1-9-22-16(24)14-7-6-13(23(27)28)10-15(14)17(22)25/h2-7,10H,1,8-9H2,(H2,20,21,26). The fourth-order valence-corrected chi connectivity index (χ4v) is 2.74. The minimum Gasteiger partial charge on any atom is -0.338 e. The molecule has 1 aliphatic heterocycles. The Labute approximate surface area is 158 Å². The monoisotopic (exact) mass is 386 g/mol. The van der Waals surface area contributed by atoms with E-state index in [4.69, 9.17) is 0 Å². The van der Waals surface area contributed by atoms with Crippen LogP contribution in [-0.4, -0.2) is 40.8 Å². The number of benzene rings is 2. The number of nitro benzene ring substituents is 1. The van der Waals surface area contributed by atoms with E-state index in [2.05, 4.69) is 10.6 Å². The molecule has 0 fully saturated rings. The summed E-state index contributed by atoms with van der Waals surface area (Å²) in [6, 6.07) is 8.26. The number of carbonyl (C=O) groups is 3. The molecule has 28 heavy (non-hydrogen) atoms. The van der Waals surface area contributed by atoms with E-state index in [0.29, 0.717) is 12.1 Å². The second-order valence-electron chi connectivity index (χ2n) is 5.99. The summed E-state index contributed by atoms with van der Waals surface area (Å²) in [5.41, 5.74) is 0.278. The predicted octanol–water partition coefficient (Wildman–Crippen LogP) is 2.54. The first-order chi connectivity index (χ1) is 13.4. The molecule has 1 heterocycles. The minimum absolute atomic E-state index is 0.00112. The van der Waals surface area contributed by atoms with Crippen molar-refractivity contribution in [2.24, 2.45) is 0 Å². The zero-order chi connectivity index (χ0) is 20.3. The number of urea groups is 1. The summed E-state index contributed by atoms with van der Waals surface area (Å²) in [6.07, 6.45) is 0.296. The van der Waals surface area contributed by atoms with Gasteiger partial charge in [-0.2, -0.15) is 0 Å². The summed E-state index contributed by atoms with van der Waals surface area (Å²) in [6.45, 7) is 0.234. The first kappa shape index (κ1) is 19.0. The van der Waals surface area contributed by atoms with E-state index in [1.54, 1.807) is 0 Å². The molecule has 2 aromatic carbocycles. The van der Waals surface area contributed by atoms with Crippen LogP contribution in [0.2, 0.25) is 0 Å². The second kappa shape index (κ2) is 7.82. The first-order valence-electron chi connectivity index (χ1n) is 8.32. The number of nitrogens with one attached hydrogen (secondary N) is 2. The van der Waals surface area contributed by atoms with Gasteiger partial charge in [0.1, 0.15) is 5.82 Å². The Morgan fingerprint density at radius 1 is 1.07 bits per heavy atom. The van der Waals surface area contributed by atoms with Crippen molar-refractivity contribution in [1.29, 1.82) is 0 Å². The van der Waals surface area contributed by atoms with Gasteiger partial charge in [0.15, 0.2) is 0 Å². The van der Waals surface area contributed by atoms with Crippen LogP contribution in [0.15, 0.2) is 42.5 Å². The van der Waals surface area contributed by atoms with Gasteiger partial charge in [0.05, 0.1) is 16.1 Å². The van der Waals surface area contributed by atoms with Crippen molar-refractivity contribution < 1.29 is 23.7 Å². The van der Waals surface area contributed by atoms with Crippen molar-refractivity contribution >= 4 is 29.2 Å². The van der Waals surface area contributed by atoms with Crippen molar-refractivity contribution in [2.45, 2.75) is 6.42 Å². The molecule has 144 valence electrons. The van der Waals surface area contributed by atoms with Crippen LogP contribution in [0.4, 0.5) is 20.6 Å². The first-order valence-corrected chi connectivity index (χ1v) is 8.32. The maximum Gasteiger partial charge on any atom is 0.319 e. The lowest BCUT2D eigenvalue weighted by atomic mass is 10.1. The summed E-state index contributed by atoms with van der Waals surface area (Å²) in [4.78, 5) is 47.6. The number of nitrogens with zero attached hydrogens (tertiary/aromatic N) is 2. The van der Waals surface area contributed by atoms with Crippen LogP contribution in [0.3, 0.4) is 0 Å². The molecule has 0 unspecified atom stereocenters. The Morgan fingerprint density at radius 3 is 2.43 bits per heavy atom. The topological polar surface area (TPSA) is 122 Å². The molecule has 0 atom stereocenters. The molecule has 10 heteroatoms. The van der Waals surface area contributed by atoms with Crippen LogP contribution in [0.25, 0.3) is 0 Å². The van der Waals surface area contributed by atoms with E-state index < -0.39 is 28.6 Å². The van der Waals surface area contributed by atoms with Gasteiger partial charge in [-0.3, -0.25) is 24.6 Å². The number of anilines is 1. The van der Waals surface area contributed by atoms with Gasteiger partial charge in [-0.25, -0.2) is 9.18 Å². The van der Waals surface area contributed by atoms with Crippen molar-refractivity contribution in [1.82, 2.24) is 10.2 Å². The van der Waals surface area contributed by atoms with Gasteiger partial charge >= 0.3 is 6.03 Å². The van der Waals surface area contributed by atoms with E-state index in [0.717, 1.165) is 11.0 Å². The second-order valence-corrected chi connectivity index (χ2v) is 5.99. The zero-order valence-electron chi connectivity index (χ0n) is 14.5. The zero-order valence-corrected chi connectivity index (χ0v) is 14.5. The quantitative estimate of drug-likeness (QED) is 0.342. The average molecular weight is 386 g/mol. The Bertz CT molecular complexity index is 961. The normalized spacial score (nSPS) is 12.7. The van der Waals surface area contributed by atoms with E-state index in [1.807, 2.05) is 0 Å². The number of hydrogen-bond acceptors (Lipinski definition) is 5. The van der Waals surface area contributed by atoms with Crippen LogP contribution in [0.1, 0.15) is 27.1 Å². The molecule has 0 aliphatic carbocycles. The number of halogens is 1. The maximum absolute atomic E-state index is 12.8. The highest BCUT2D eigenvalue weighted by Gasteiger charge is 2.36. The van der Waals surface area contributed by atoms with E-state index in [9.17, 15) is 28.9 Å². The van der Waals surface area contributed by atoms with Gasteiger partial charge in [-0.15, -0.1) is 0 Å². The van der Waals surface area contributed by atoms with Gasteiger partial charge in [0.25, 0.3) is 17.5 Å². The number of non-ortho nitro benzene ring substituents is 1. The van der Waals surface area contributed by atoms with Crippen LogP contribution in [0, 0.1) is 15.9 Å². The minimum atomic E-state index is -0.635. The van der Waals surface area contributed by atoms with Crippen LogP contribution in [-0.2, 0) is 0 Å². The number of nitro groups is 1. The molecule has 0 radical (unpaired) electrons. The summed E-state index contributed by atoms with van der Waals surface area (Å²) in [7, 11) is 0. The van der Waals surface area contributed by atoms with Crippen molar-refractivity contribution in [3.63, 3.8) is 0 Å². The molecular formula is C18H15FN4O5. The Hall–Kier alpha value is -3.82. The average Bonchev–Trinajstić information content (AvgIpc) is 2.91. The molecule has 3 rings (SSSR count). The fraction of sp³-hybridized carbons (Fsp3) is 0.167. The molecule has 0 saturated heterocycles. The van der Waals surface area contributed by atoms with Crippen LogP contribution < -0.4 is 10.6 Å². The number of carbonyl (C=O) groups excluding carboxylic acids is 3. The number of amides is 4. The van der Waals surface area contributed by atoms with Crippen molar-refractivity contribution in [3.8, 4) is 0 Å². The number of hydrogen-bond donors (Lipinski definition) is 2. The fourth-order valence-electron chi connectivity index (χ4n) is 2.74. The number of fused-ring (bicyclic) bond motifs is 1. The lowest BCUT2D eigenvalue weighted by Gasteiger charge is -2.14. The predicted molar refractivity (Wildman–Crippen MR) is 96.5 cm³/mol. The molecule has 0 saturated carbocycles. The molecule has 4 amide bonds.